The second kappa shape index (κ2) is 3.47. The molecule has 6 heteroatoms. The van der Waals surface area contributed by atoms with Gasteiger partial charge in [0.05, 0.1) is 22.8 Å². The molecular formula is C7H9BrN4O. The van der Waals surface area contributed by atoms with Gasteiger partial charge in [0, 0.05) is 13.1 Å². The number of hydrogen-bond donors (Lipinski definition) is 2. The number of aromatic nitrogens is 2. The van der Waals surface area contributed by atoms with Gasteiger partial charge in [-0.2, -0.15) is 9.89 Å². The fourth-order valence-corrected chi connectivity index (χ4v) is 1.33. The van der Waals surface area contributed by atoms with Crippen molar-refractivity contribution in [3.8, 4) is 0 Å². The molecule has 70 valence electrons. The van der Waals surface area contributed by atoms with Gasteiger partial charge < -0.3 is 5.32 Å². The summed E-state index contributed by atoms with van der Waals surface area (Å²) in [7, 11) is 0. The Kier molecular flexibility index (Phi) is 2.32. The van der Waals surface area contributed by atoms with E-state index >= 15 is 0 Å². The van der Waals surface area contributed by atoms with Crippen LogP contribution in [-0.4, -0.2) is 28.9 Å². The van der Waals surface area contributed by atoms with E-state index in [0.717, 1.165) is 17.6 Å². The van der Waals surface area contributed by atoms with E-state index in [1.807, 2.05) is 0 Å². The van der Waals surface area contributed by atoms with Crippen LogP contribution in [0.4, 0.5) is 0 Å². The van der Waals surface area contributed by atoms with E-state index in [-0.39, 0.29) is 11.8 Å². The molecule has 1 fully saturated rings. The molecule has 1 saturated heterocycles. The van der Waals surface area contributed by atoms with Crippen LogP contribution < -0.4 is 10.7 Å². The first-order valence-corrected chi connectivity index (χ1v) is 4.77. The number of hydrogen-bond acceptors (Lipinski definition) is 3. The van der Waals surface area contributed by atoms with E-state index in [1.54, 1.807) is 12.4 Å². The summed E-state index contributed by atoms with van der Waals surface area (Å²) in [6, 6.07) is 0. The number of nitrogens with one attached hydrogen (secondary N) is 2. The quantitative estimate of drug-likeness (QED) is 0.767. The molecule has 2 N–H and O–H groups in total. The van der Waals surface area contributed by atoms with Crippen molar-refractivity contribution in [3.63, 3.8) is 0 Å². The topological polar surface area (TPSA) is 59.0 Å². The average molecular weight is 245 g/mol. The van der Waals surface area contributed by atoms with Gasteiger partial charge in [0.15, 0.2) is 0 Å². The molecule has 0 radical (unpaired) electrons. The van der Waals surface area contributed by atoms with Crippen molar-refractivity contribution in [2.75, 3.05) is 18.5 Å². The van der Waals surface area contributed by atoms with Crippen molar-refractivity contribution in [1.82, 2.24) is 15.2 Å². The molecule has 1 aromatic rings. The summed E-state index contributed by atoms with van der Waals surface area (Å²) in [5, 5.41) is 6.95. The number of rotatable bonds is 2. The summed E-state index contributed by atoms with van der Waals surface area (Å²) in [4.78, 5) is 12.8. The minimum Gasteiger partial charge on any atom is -0.315 e. The molecule has 2 heterocycles. The lowest BCUT2D eigenvalue weighted by atomic mass is 10.0. The zero-order chi connectivity index (χ0) is 9.26. The van der Waals surface area contributed by atoms with E-state index in [1.165, 1.54) is 4.79 Å². The lowest BCUT2D eigenvalue weighted by Crippen LogP contribution is -2.50. The molecule has 0 unspecified atom stereocenters. The first-order chi connectivity index (χ1) is 6.25. The van der Waals surface area contributed by atoms with E-state index in [4.69, 9.17) is 0 Å². The van der Waals surface area contributed by atoms with Crippen LogP contribution >= 0.6 is 15.9 Å². The normalized spacial score (nSPS) is 16.7. The number of halogens is 1. The Morgan fingerprint density at radius 2 is 2.54 bits per heavy atom. The summed E-state index contributed by atoms with van der Waals surface area (Å²) in [6.07, 6.45) is 3.32. The van der Waals surface area contributed by atoms with Gasteiger partial charge in [-0.15, -0.1) is 0 Å². The zero-order valence-electron chi connectivity index (χ0n) is 6.83. The second-order valence-corrected chi connectivity index (χ2v) is 3.85. The van der Waals surface area contributed by atoms with Crippen molar-refractivity contribution in [3.05, 3.63) is 16.9 Å². The first kappa shape index (κ1) is 8.71. The summed E-state index contributed by atoms with van der Waals surface area (Å²) in [5.74, 6) is 0.0947. The van der Waals surface area contributed by atoms with Crippen molar-refractivity contribution in [2.24, 2.45) is 5.92 Å². The van der Waals surface area contributed by atoms with Crippen molar-refractivity contribution < 1.29 is 4.79 Å². The third kappa shape index (κ3) is 1.89. The predicted molar refractivity (Wildman–Crippen MR) is 50.7 cm³/mol. The van der Waals surface area contributed by atoms with E-state index in [2.05, 4.69) is 31.8 Å². The molecule has 1 aliphatic heterocycles. The van der Waals surface area contributed by atoms with Crippen molar-refractivity contribution >= 4 is 21.8 Å². The predicted octanol–water partition coefficient (Wildman–Crippen LogP) is -0.0649. The minimum absolute atomic E-state index is 0.00866. The van der Waals surface area contributed by atoms with Crippen LogP contribution in [-0.2, 0) is 4.79 Å². The number of amides is 1. The Morgan fingerprint density at radius 1 is 1.77 bits per heavy atom. The number of carbonyl (C=O) groups is 1. The summed E-state index contributed by atoms with van der Waals surface area (Å²) in [6.45, 7) is 1.52. The Hall–Kier alpha value is -0.880. The van der Waals surface area contributed by atoms with Gasteiger partial charge in [0.1, 0.15) is 0 Å². The smallest absolute Gasteiger partial charge is 0.245 e. The van der Waals surface area contributed by atoms with Crippen LogP contribution in [0.15, 0.2) is 16.9 Å². The molecule has 0 aromatic carbocycles. The Balaban J connectivity index is 1.93. The third-order valence-corrected chi connectivity index (χ3v) is 2.34. The maximum absolute atomic E-state index is 11.4. The Bertz CT molecular complexity index is 320. The lowest BCUT2D eigenvalue weighted by molar-refractivity contribution is -0.122. The molecule has 1 aromatic heterocycles. The van der Waals surface area contributed by atoms with Gasteiger partial charge in [-0.05, 0) is 15.9 Å². The van der Waals surface area contributed by atoms with Crippen LogP contribution in [0.5, 0.6) is 0 Å². The van der Waals surface area contributed by atoms with Crippen LogP contribution in [0.1, 0.15) is 0 Å². The monoisotopic (exact) mass is 244 g/mol. The highest BCUT2D eigenvalue weighted by Crippen LogP contribution is 2.06. The van der Waals surface area contributed by atoms with Gasteiger partial charge in [-0.25, -0.2) is 5.43 Å². The third-order valence-electron chi connectivity index (χ3n) is 1.93. The van der Waals surface area contributed by atoms with Gasteiger partial charge in [-0.3, -0.25) is 4.79 Å². The van der Waals surface area contributed by atoms with Gasteiger partial charge in [-0.1, -0.05) is 0 Å². The van der Waals surface area contributed by atoms with E-state index in [0.29, 0.717) is 0 Å². The summed E-state index contributed by atoms with van der Waals surface area (Å²) >= 11 is 3.24. The fraction of sp³-hybridized carbons (Fsp3) is 0.429. The molecule has 1 amide bonds. The highest BCUT2D eigenvalue weighted by Gasteiger charge is 2.24. The SMILES string of the molecule is O=C(Nn1cc(Br)cn1)C1CNC1. The molecule has 0 spiro atoms. The molecule has 0 saturated carbocycles. The van der Waals surface area contributed by atoms with Crippen LogP contribution in [0.2, 0.25) is 0 Å². The second-order valence-electron chi connectivity index (χ2n) is 2.93. The molecule has 5 nitrogen and oxygen atoms in total. The van der Waals surface area contributed by atoms with E-state index in [9.17, 15) is 4.79 Å². The molecule has 2 rings (SSSR count). The molecule has 0 aliphatic carbocycles. The Labute approximate surface area is 83.6 Å². The largest absolute Gasteiger partial charge is 0.315 e. The van der Waals surface area contributed by atoms with Gasteiger partial charge in [0.2, 0.25) is 5.91 Å². The highest BCUT2D eigenvalue weighted by atomic mass is 79.9. The lowest BCUT2D eigenvalue weighted by Gasteiger charge is -2.25. The maximum Gasteiger partial charge on any atom is 0.245 e. The maximum atomic E-state index is 11.4. The zero-order valence-corrected chi connectivity index (χ0v) is 8.41. The Morgan fingerprint density at radius 3 is 3.00 bits per heavy atom. The summed E-state index contributed by atoms with van der Waals surface area (Å²) < 4.78 is 0.847. The summed E-state index contributed by atoms with van der Waals surface area (Å²) in [5.41, 5.74) is 2.66. The molecule has 1 aliphatic rings. The van der Waals surface area contributed by atoms with Crippen LogP contribution in [0, 0.1) is 5.92 Å². The van der Waals surface area contributed by atoms with Crippen molar-refractivity contribution in [1.29, 1.82) is 0 Å². The number of carbonyl (C=O) groups excluding carboxylic acids is 1. The minimum atomic E-state index is 0.00866. The standard InChI is InChI=1S/C7H9BrN4O/c8-6-3-10-12(4-6)11-7(13)5-1-9-2-5/h3-5,9H,1-2H2,(H,11,13). The molecule has 0 bridgehead atoms. The van der Waals surface area contributed by atoms with Crippen molar-refractivity contribution in [2.45, 2.75) is 0 Å². The molecule has 0 atom stereocenters. The molecule has 13 heavy (non-hydrogen) atoms. The highest BCUT2D eigenvalue weighted by molar-refractivity contribution is 9.10. The first-order valence-electron chi connectivity index (χ1n) is 3.97. The van der Waals surface area contributed by atoms with Gasteiger partial charge in [0.25, 0.3) is 0 Å². The van der Waals surface area contributed by atoms with E-state index < -0.39 is 0 Å². The van der Waals surface area contributed by atoms with Crippen LogP contribution in [0.25, 0.3) is 0 Å². The molecular weight excluding hydrogens is 236 g/mol. The van der Waals surface area contributed by atoms with Gasteiger partial charge >= 0.3 is 0 Å². The number of nitrogens with zero attached hydrogens (tertiary/aromatic N) is 2. The average Bonchev–Trinajstić information content (AvgIpc) is 2.31. The fourth-order valence-electron chi connectivity index (χ4n) is 1.04. The van der Waals surface area contributed by atoms with Crippen LogP contribution in [0.3, 0.4) is 0 Å².